The minimum atomic E-state index is -0.461. The minimum absolute atomic E-state index is 0.233. The molecule has 1 aromatic heterocycles. The normalized spacial score (nSPS) is 19.0. The van der Waals surface area contributed by atoms with Crippen molar-refractivity contribution in [1.29, 1.82) is 0 Å². The minimum Gasteiger partial charge on any atom is -0.444 e. The monoisotopic (exact) mass is 306 g/mol. The highest BCUT2D eigenvalue weighted by Crippen LogP contribution is 2.22. The summed E-state index contributed by atoms with van der Waals surface area (Å²) >= 11 is 0. The second-order valence-electron chi connectivity index (χ2n) is 6.80. The van der Waals surface area contributed by atoms with Crippen LogP contribution in [0.1, 0.15) is 39.3 Å². The van der Waals surface area contributed by atoms with Gasteiger partial charge in [0.15, 0.2) is 0 Å². The zero-order chi connectivity index (χ0) is 16.3. The van der Waals surface area contributed by atoms with Crippen LogP contribution in [0.4, 0.5) is 10.6 Å². The average Bonchev–Trinajstić information content (AvgIpc) is 2.45. The molecule has 1 fully saturated rings. The molecule has 0 spiro atoms. The number of anilines is 1. The van der Waals surface area contributed by atoms with Gasteiger partial charge in [-0.3, -0.25) is 4.98 Å². The fourth-order valence-corrected chi connectivity index (χ4v) is 2.68. The van der Waals surface area contributed by atoms with E-state index in [1.165, 1.54) is 0 Å². The molecule has 1 aromatic rings. The summed E-state index contributed by atoms with van der Waals surface area (Å²) in [5.41, 5.74) is 0.441. The number of carbonyl (C=O) groups is 1. The first-order chi connectivity index (χ1) is 10.3. The Morgan fingerprint density at radius 3 is 2.68 bits per heavy atom. The summed E-state index contributed by atoms with van der Waals surface area (Å²) in [6, 6.07) is 0.233. The van der Waals surface area contributed by atoms with Crippen molar-refractivity contribution in [1.82, 2.24) is 14.9 Å². The van der Waals surface area contributed by atoms with Crippen LogP contribution in [0, 0.1) is 6.92 Å². The van der Waals surface area contributed by atoms with Crippen LogP contribution in [0.2, 0.25) is 0 Å². The number of hydrogen-bond acceptors (Lipinski definition) is 5. The van der Waals surface area contributed by atoms with Crippen LogP contribution in [0.5, 0.6) is 0 Å². The topological polar surface area (TPSA) is 58.6 Å². The number of hydrogen-bond donors (Lipinski definition) is 0. The largest absolute Gasteiger partial charge is 0.444 e. The maximum absolute atomic E-state index is 12.2. The maximum atomic E-state index is 12.2. The van der Waals surface area contributed by atoms with E-state index in [0.29, 0.717) is 6.54 Å². The SMILES string of the molecule is Cc1nccnc1N(C)[C@@H]1CCCN(C(=O)OC(C)(C)C)C1. The Morgan fingerprint density at radius 2 is 2.05 bits per heavy atom. The number of likely N-dealkylation sites (tertiary alicyclic amines) is 1. The van der Waals surface area contributed by atoms with E-state index in [9.17, 15) is 4.79 Å². The van der Waals surface area contributed by atoms with E-state index in [4.69, 9.17) is 4.74 Å². The molecular formula is C16H26N4O2. The van der Waals surface area contributed by atoms with Crippen LogP contribution >= 0.6 is 0 Å². The number of amides is 1. The van der Waals surface area contributed by atoms with E-state index in [1.807, 2.05) is 34.7 Å². The van der Waals surface area contributed by atoms with Crippen molar-refractivity contribution in [2.75, 3.05) is 25.0 Å². The third-order valence-corrected chi connectivity index (χ3v) is 3.79. The predicted octanol–water partition coefficient (Wildman–Crippen LogP) is 2.62. The van der Waals surface area contributed by atoms with Gasteiger partial charge in [0.1, 0.15) is 11.4 Å². The summed E-state index contributed by atoms with van der Waals surface area (Å²) in [6.07, 6.45) is 5.16. The Hall–Kier alpha value is -1.85. The van der Waals surface area contributed by atoms with E-state index in [2.05, 4.69) is 14.9 Å². The van der Waals surface area contributed by atoms with Crippen LogP contribution in [0.25, 0.3) is 0 Å². The molecular weight excluding hydrogens is 280 g/mol. The number of rotatable bonds is 2. The fourth-order valence-electron chi connectivity index (χ4n) is 2.68. The summed E-state index contributed by atoms with van der Waals surface area (Å²) in [5.74, 6) is 0.874. The van der Waals surface area contributed by atoms with Gasteiger partial charge in [-0.2, -0.15) is 0 Å². The number of carbonyl (C=O) groups excluding carboxylic acids is 1. The van der Waals surface area contributed by atoms with Crippen LogP contribution in [-0.4, -0.2) is 52.7 Å². The van der Waals surface area contributed by atoms with Crippen LogP contribution < -0.4 is 4.90 Å². The van der Waals surface area contributed by atoms with Gasteiger partial charge in [-0.25, -0.2) is 9.78 Å². The number of likely N-dealkylation sites (N-methyl/N-ethyl adjacent to an activating group) is 1. The van der Waals surface area contributed by atoms with Gasteiger partial charge in [-0.1, -0.05) is 0 Å². The summed E-state index contributed by atoms with van der Waals surface area (Å²) < 4.78 is 5.48. The van der Waals surface area contributed by atoms with Gasteiger partial charge in [0.05, 0.1) is 5.69 Å². The lowest BCUT2D eigenvalue weighted by atomic mass is 10.0. The van der Waals surface area contributed by atoms with Crippen molar-refractivity contribution in [2.45, 2.75) is 52.2 Å². The average molecular weight is 306 g/mol. The molecule has 1 amide bonds. The van der Waals surface area contributed by atoms with Crippen LogP contribution in [0.15, 0.2) is 12.4 Å². The van der Waals surface area contributed by atoms with E-state index >= 15 is 0 Å². The van der Waals surface area contributed by atoms with Gasteiger partial charge >= 0.3 is 6.09 Å². The molecule has 1 aliphatic heterocycles. The van der Waals surface area contributed by atoms with Crippen LogP contribution in [0.3, 0.4) is 0 Å². The quantitative estimate of drug-likeness (QED) is 0.840. The van der Waals surface area contributed by atoms with Gasteiger partial charge in [-0.05, 0) is 40.5 Å². The number of ether oxygens (including phenoxy) is 1. The zero-order valence-corrected chi connectivity index (χ0v) is 14.2. The van der Waals surface area contributed by atoms with Crippen molar-refractivity contribution < 1.29 is 9.53 Å². The molecule has 0 radical (unpaired) electrons. The zero-order valence-electron chi connectivity index (χ0n) is 14.2. The molecule has 2 rings (SSSR count). The molecule has 2 heterocycles. The summed E-state index contributed by atoms with van der Waals surface area (Å²) in [4.78, 5) is 24.9. The van der Waals surface area contributed by atoms with E-state index in [-0.39, 0.29) is 12.1 Å². The van der Waals surface area contributed by atoms with Crippen molar-refractivity contribution in [2.24, 2.45) is 0 Å². The fraction of sp³-hybridized carbons (Fsp3) is 0.688. The molecule has 0 aromatic carbocycles. The summed E-state index contributed by atoms with van der Waals surface area (Å²) in [7, 11) is 2.01. The van der Waals surface area contributed by atoms with Gasteiger partial charge in [0.25, 0.3) is 0 Å². The smallest absolute Gasteiger partial charge is 0.410 e. The Kier molecular flexibility index (Phi) is 4.88. The lowest BCUT2D eigenvalue weighted by Crippen LogP contribution is -2.50. The Morgan fingerprint density at radius 1 is 1.36 bits per heavy atom. The molecule has 6 nitrogen and oxygen atoms in total. The first-order valence-corrected chi connectivity index (χ1v) is 7.76. The lowest BCUT2D eigenvalue weighted by Gasteiger charge is -2.38. The molecule has 0 saturated carbocycles. The van der Waals surface area contributed by atoms with Gasteiger partial charge in [-0.15, -0.1) is 0 Å². The van der Waals surface area contributed by atoms with Gasteiger partial charge < -0.3 is 14.5 Å². The van der Waals surface area contributed by atoms with Gasteiger partial charge in [0.2, 0.25) is 0 Å². The highest BCUT2D eigenvalue weighted by molar-refractivity contribution is 5.68. The number of piperidine rings is 1. The lowest BCUT2D eigenvalue weighted by molar-refractivity contribution is 0.0199. The highest BCUT2D eigenvalue weighted by atomic mass is 16.6. The van der Waals surface area contributed by atoms with Crippen molar-refractivity contribution in [3.05, 3.63) is 18.1 Å². The molecule has 22 heavy (non-hydrogen) atoms. The van der Waals surface area contributed by atoms with E-state index in [1.54, 1.807) is 17.3 Å². The van der Waals surface area contributed by atoms with Gasteiger partial charge in [0, 0.05) is 38.6 Å². The molecule has 0 N–H and O–H groups in total. The van der Waals surface area contributed by atoms with Crippen molar-refractivity contribution in [3.63, 3.8) is 0 Å². The molecule has 1 atom stereocenters. The third-order valence-electron chi connectivity index (χ3n) is 3.79. The first kappa shape index (κ1) is 16.5. The van der Waals surface area contributed by atoms with Crippen molar-refractivity contribution in [3.8, 4) is 0 Å². The molecule has 0 bridgehead atoms. The second-order valence-corrected chi connectivity index (χ2v) is 6.80. The first-order valence-electron chi connectivity index (χ1n) is 7.76. The molecule has 0 aliphatic carbocycles. The van der Waals surface area contributed by atoms with Crippen molar-refractivity contribution >= 4 is 11.9 Å². The number of aromatic nitrogens is 2. The number of nitrogens with zero attached hydrogens (tertiary/aromatic N) is 4. The molecule has 1 aliphatic rings. The highest BCUT2D eigenvalue weighted by Gasteiger charge is 2.30. The molecule has 122 valence electrons. The maximum Gasteiger partial charge on any atom is 0.410 e. The third kappa shape index (κ3) is 4.08. The van der Waals surface area contributed by atoms with E-state index in [0.717, 1.165) is 30.9 Å². The molecule has 6 heteroatoms. The Balaban J connectivity index is 2.04. The Bertz CT molecular complexity index is 527. The van der Waals surface area contributed by atoms with Crippen LogP contribution in [-0.2, 0) is 4.74 Å². The second kappa shape index (κ2) is 6.50. The molecule has 1 saturated heterocycles. The molecule has 0 unspecified atom stereocenters. The standard InChI is InChI=1S/C16H26N4O2/c1-12-14(18-9-8-17-12)19(5)13-7-6-10-20(11-13)15(21)22-16(2,3)4/h8-9,13H,6-7,10-11H2,1-5H3/t13-/m1/s1. The predicted molar refractivity (Wildman–Crippen MR) is 86.0 cm³/mol. The van der Waals surface area contributed by atoms with E-state index < -0.39 is 5.60 Å². The summed E-state index contributed by atoms with van der Waals surface area (Å²) in [6.45, 7) is 9.03. The number of aryl methyl sites for hydroxylation is 1. The Labute approximate surface area is 132 Å². The summed E-state index contributed by atoms with van der Waals surface area (Å²) in [5, 5.41) is 0.